The lowest BCUT2D eigenvalue weighted by molar-refractivity contribution is 0.0752. The van der Waals surface area contributed by atoms with E-state index in [1.54, 1.807) is 6.92 Å². The Bertz CT molecular complexity index is 656. The number of nitrogen functional groups attached to an aromatic ring is 1. The lowest BCUT2D eigenvalue weighted by Gasteiger charge is -2.22. The van der Waals surface area contributed by atoms with E-state index in [1.807, 2.05) is 0 Å². The van der Waals surface area contributed by atoms with Crippen LogP contribution in [0, 0.1) is 5.82 Å². The molecule has 0 bridgehead atoms. The molecule has 1 aromatic carbocycles. The van der Waals surface area contributed by atoms with Crippen LogP contribution in [-0.4, -0.2) is 38.5 Å². The number of benzene rings is 1. The molecular formula is C12H15BrClFN2O3S. The number of ether oxygens (including phenoxy) is 1. The highest BCUT2D eigenvalue weighted by molar-refractivity contribution is 9.10. The van der Waals surface area contributed by atoms with Crippen molar-refractivity contribution in [1.82, 2.24) is 4.31 Å². The fourth-order valence-electron chi connectivity index (χ4n) is 2.10. The molecule has 1 unspecified atom stereocenters. The maximum Gasteiger partial charge on any atom is 0.246 e. The van der Waals surface area contributed by atoms with Gasteiger partial charge in [0, 0.05) is 19.7 Å². The van der Waals surface area contributed by atoms with E-state index in [1.165, 1.54) is 4.31 Å². The SMILES string of the molecule is CC1CN(S(=O)(=O)c2cc(Cl)c(Br)c(N)c2F)CCCO1. The van der Waals surface area contributed by atoms with E-state index in [-0.39, 0.29) is 34.4 Å². The van der Waals surface area contributed by atoms with Gasteiger partial charge >= 0.3 is 0 Å². The first-order valence-electron chi connectivity index (χ1n) is 6.30. The van der Waals surface area contributed by atoms with Gasteiger partial charge < -0.3 is 10.5 Å². The van der Waals surface area contributed by atoms with Gasteiger partial charge in [-0.1, -0.05) is 11.6 Å². The molecule has 5 nitrogen and oxygen atoms in total. The van der Waals surface area contributed by atoms with Crippen molar-refractivity contribution in [3.63, 3.8) is 0 Å². The zero-order valence-corrected chi connectivity index (χ0v) is 14.4. The van der Waals surface area contributed by atoms with Gasteiger partial charge in [0.15, 0.2) is 5.82 Å². The van der Waals surface area contributed by atoms with Crippen molar-refractivity contribution in [2.45, 2.75) is 24.3 Å². The number of sulfonamides is 1. The van der Waals surface area contributed by atoms with Crippen molar-refractivity contribution in [2.75, 3.05) is 25.4 Å². The minimum Gasteiger partial charge on any atom is -0.395 e. The highest BCUT2D eigenvalue weighted by Crippen LogP contribution is 2.36. The van der Waals surface area contributed by atoms with Gasteiger partial charge in [0.2, 0.25) is 10.0 Å². The van der Waals surface area contributed by atoms with Crippen LogP contribution in [-0.2, 0) is 14.8 Å². The maximum absolute atomic E-state index is 14.2. The minimum absolute atomic E-state index is 0.0478. The first kappa shape index (κ1) is 17.0. The summed E-state index contributed by atoms with van der Waals surface area (Å²) in [6, 6.07) is 1.07. The predicted octanol–water partition coefficient (Wildman–Crippen LogP) is 2.62. The molecule has 1 aliphatic rings. The molecular weight excluding hydrogens is 387 g/mol. The molecule has 1 aliphatic heterocycles. The van der Waals surface area contributed by atoms with Crippen molar-refractivity contribution in [1.29, 1.82) is 0 Å². The summed E-state index contributed by atoms with van der Waals surface area (Å²) >= 11 is 8.92. The Morgan fingerprint density at radius 1 is 1.57 bits per heavy atom. The summed E-state index contributed by atoms with van der Waals surface area (Å²) in [6.45, 7) is 2.67. The van der Waals surface area contributed by atoms with E-state index in [2.05, 4.69) is 15.9 Å². The van der Waals surface area contributed by atoms with Crippen molar-refractivity contribution < 1.29 is 17.5 Å². The molecule has 0 aliphatic carbocycles. The number of anilines is 1. The van der Waals surface area contributed by atoms with Gasteiger partial charge in [-0.15, -0.1) is 0 Å². The van der Waals surface area contributed by atoms with Crippen molar-refractivity contribution in [2.24, 2.45) is 0 Å². The molecule has 0 amide bonds. The molecule has 21 heavy (non-hydrogen) atoms. The number of nitrogens with two attached hydrogens (primary N) is 1. The van der Waals surface area contributed by atoms with E-state index in [0.717, 1.165) is 6.07 Å². The van der Waals surface area contributed by atoms with E-state index >= 15 is 0 Å². The summed E-state index contributed by atoms with van der Waals surface area (Å²) in [6.07, 6.45) is 0.291. The molecule has 1 saturated heterocycles. The first-order chi connectivity index (χ1) is 9.75. The van der Waals surface area contributed by atoms with Gasteiger partial charge in [0.1, 0.15) is 4.90 Å². The Balaban J connectivity index is 2.49. The summed E-state index contributed by atoms with van der Waals surface area (Å²) in [5.74, 6) is -0.996. The Hall–Kier alpha value is -0.410. The molecule has 0 spiro atoms. The van der Waals surface area contributed by atoms with Crippen LogP contribution in [0.1, 0.15) is 13.3 Å². The molecule has 0 radical (unpaired) electrons. The summed E-state index contributed by atoms with van der Waals surface area (Å²) in [5, 5.41) is 0.0478. The zero-order chi connectivity index (χ0) is 15.8. The third-order valence-electron chi connectivity index (χ3n) is 3.19. The fraction of sp³-hybridized carbons (Fsp3) is 0.500. The Labute approximate surface area is 136 Å². The lowest BCUT2D eigenvalue weighted by atomic mass is 10.3. The van der Waals surface area contributed by atoms with Crippen molar-refractivity contribution in [3.8, 4) is 0 Å². The summed E-state index contributed by atoms with van der Waals surface area (Å²) in [7, 11) is -4.02. The van der Waals surface area contributed by atoms with Gasteiger partial charge in [0.25, 0.3) is 0 Å². The highest BCUT2D eigenvalue weighted by atomic mass is 79.9. The van der Waals surface area contributed by atoms with Crippen molar-refractivity contribution in [3.05, 3.63) is 21.4 Å². The van der Waals surface area contributed by atoms with Gasteiger partial charge in [0.05, 0.1) is 21.3 Å². The molecule has 118 valence electrons. The second-order valence-corrected chi connectivity index (χ2v) is 7.90. The van der Waals surface area contributed by atoms with Crippen LogP contribution >= 0.6 is 27.5 Å². The third-order valence-corrected chi connectivity index (χ3v) is 6.43. The lowest BCUT2D eigenvalue weighted by Crippen LogP contribution is -2.36. The normalized spacial score (nSPS) is 21.2. The predicted molar refractivity (Wildman–Crippen MR) is 82.3 cm³/mol. The van der Waals surface area contributed by atoms with Crippen LogP contribution in [0.4, 0.5) is 10.1 Å². The number of halogens is 3. The summed E-state index contributed by atoms with van der Waals surface area (Å²) in [5.41, 5.74) is 5.23. The first-order valence-corrected chi connectivity index (χ1v) is 8.91. The smallest absolute Gasteiger partial charge is 0.246 e. The Kier molecular flexibility index (Phi) is 5.15. The van der Waals surface area contributed by atoms with Gasteiger partial charge in [-0.2, -0.15) is 4.31 Å². The average Bonchev–Trinajstić information content (AvgIpc) is 2.65. The minimum atomic E-state index is -4.02. The van der Waals surface area contributed by atoms with Crippen LogP contribution in [0.25, 0.3) is 0 Å². The number of hydrogen-bond acceptors (Lipinski definition) is 4. The molecule has 1 aromatic rings. The molecule has 2 N–H and O–H groups in total. The largest absolute Gasteiger partial charge is 0.395 e. The van der Waals surface area contributed by atoms with Gasteiger partial charge in [-0.25, -0.2) is 12.8 Å². The maximum atomic E-state index is 14.2. The quantitative estimate of drug-likeness (QED) is 0.611. The molecule has 2 rings (SSSR count). The second kappa shape index (κ2) is 6.37. The van der Waals surface area contributed by atoms with Crippen LogP contribution in [0.3, 0.4) is 0 Å². The monoisotopic (exact) mass is 400 g/mol. The summed E-state index contributed by atoms with van der Waals surface area (Å²) < 4.78 is 46.2. The van der Waals surface area contributed by atoms with Crippen LogP contribution in [0.5, 0.6) is 0 Å². The molecule has 1 atom stereocenters. The van der Waals surface area contributed by atoms with Crippen LogP contribution in [0.15, 0.2) is 15.4 Å². The number of rotatable bonds is 2. The Morgan fingerprint density at radius 3 is 2.90 bits per heavy atom. The standard InChI is InChI=1S/C12H15BrClFN2O3S/c1-7-6-17(3-2-4-20-7)21(18,19)9-5-8(14)10(13)12(16)11(9)15/h5,7H,2-4,6,16H2,1H3. The molecule has 1 heterocycles. The summed E-state index contributed by atoms with van der Waals surface area (Å²) in [4.78, 5) is -0.512. The fourth-order valence-corrected chi connectivity index (χ4v) is 4.32. The van der Waals surface area contributed by atoms with Crippen LogP contribution in [0.2, 0.25) is 5.02 Å². The van der Waals surface area contributed by atoms with Crippen molar-refractivity contribution >= 4 is 43.2 Å². The molecule has 0 saturated carbocycles. The average molecular weight is 402 g/mol. The highest BCUT2D eigenvalue weighted by Gasteiger charge is 2.32. The molecule has 0 aromatic heterocycles. The topological polar surface area (TPSA) is 72.6 Å². The van der Waals surface area contributed by atoms with E-state index in [4.69, 9.17) is 22.1 Å². The van der Waals surface area contributed by atoms with E-state index in [0.29, 0.717) is 13.0 Å². The molecule has 1 fully saturated rings. The van der Waals surface area contributed by atoms with E-state index in [9.17, 15) is 12.8 Å². The molecule has 9 heteroatoms. The van der Waals surface area contributed by atoms with E-state index < -0.39 is 20.7 Å². The number of nitrogens with zero attached hydrogens (tertiary/aromatic N) is 1. The zero-order valence-electron chi connectivity index (χ0n) is 11.3. The second-order valence-electron chi connectivity index (χ2n) is 4.80. The van der Waals surface area contributed by atoms with Gasteiger partial charge in [-0.05, 0) is 35.3 Å². The Morgan fingerprint density at radius 2 is 2.24 bits per heavy atom. The number of hydrogen-bond donors (Lipinski definition) is 1. The third kappa shape index (κ3) is 3.34. The van der Waals surface area contributed by atoms with Gasteiger partial charge in [-0.3, -0.25) is 0 Å². The van der Waals surface area contributed by atoms with Crippen LogP contribution < -0.4 is 5.73 Å².